The molecule has 7 heteroatoms. The van der Waals surface area contributed by atoms with Crippen LogP contribution in [-0.4, -0.2) is 45.9 Å². The predicted molar refractivity (Wildman–Crippen MR) is 154 cm³/mol. The summed E-state index contributed by atoms with van der Waals surface area (Å²) in [7, 11) is 0. The van der Waals surface area contributed by atoms with Crippen molar-refractivity contribution in [3.8, 4) is 5.75 Å². The number of amides is 2. The van der Waals surface area contributed by atoms with Crippen molar-refractivity contribution in [1.29, 1.82) is 0 Å². The first-order chi connectivity index (χ1) is 19.5. The highest BCUT2D eigenvalue weighted by Gasteiger charge is 2.23. The Morgan fingerprint density at radius 1 is 0.775 bits per heavy atom. The van der Waals surface area contributed by atoms with E-state index < -0.39 is 0 Å². The highest BCUT2D eigenvalue weighted by molar-refractivity contribution is 5.85. The van der Waals surface area contributed by atoms with Gasteiger partial charge in [-0.15, -0.1) is 0 Å². The predicted octanol–water partition coefficient (Wildman–Crippen LogP) is 5.91. The molecule has 208 valence electrons. The first kappa shape index (κ1) is 28.6. The molecular weight excluding hydrogens is 505 g/mol. The average molecular weight is 542 g/mol. The number of para-hydroxylation sites is 1. The molecule has 0 saturated heterocycles. The topological polar surface area (TPSA) is 54.8 Å². The summed E-state index contributed by atoms with van der Waals surface area (Å²) in [5, 5.41) is 0. The van der Waals surface area contributed by atoms with E-state index in [1.165, 1.54) is 12.1 Å². The molecule has 0 aliphatic heterocycles. The monoisotopic (exact) mass is 541 g/mol. The van der Waals surface area contributed by atoms with Gasteiger partial charge in [0.1, 0.15) is 11.6 Å². The Kier molecular flexibility index (Phi) is 10.5. The largest absolute Gasteiger partial charge is 0.484 e. The van der Waals surface area contributed by atoms with E-state index >= 15 is 0 Å². The Labute approximate surface area is 235 Å². The fraction of sp³-hybridized carbons (Fsp3) is 0.273. The number of nitrogens with zero attached hydrogens (tertiary/aromatic N) is 3. The number of benzene rings is 3. The number of aromatic nitrogens is 1. The second kappa shape index (κ2) is 14.7. The van der Waals surface area contributed by atoms with Crippen molar-refractivity contribution in [2.45, 2.75) is 39.4 Å². The van der Waals surface area contributed by atoms with Gasteiger partial charge >= 0.3 is 0 Å². The van der Waals surface area contributed by atoms with Crippen molar-refractivity contribution in [3.05, 3.63) is 126 Å². The highest BCUT2D eigenvalue weighted by Crippen LogP contribution is 2.15. The van der Waals surface area contributed by atoms with Crippen LogP contribution in [0.15, 0.2) is 103 Å². The number of carbonyl (C=O) groups is 2. The lowest BCUT2D eigenvalue weighted by molar-refractivity contribution is -0.142. The molecule has 0 N–H and O–H groups in total. The van der Waals surface area contributed by atoms with E-state index in [1.54, 1.807) is 34.1 Å². The van der Waals surface area contributed by atoms with Gasteiger partial charge in [0, 0.05) is 31.5 Å². The molecule has 0 saturated carbocycles. The van der Waals surface area contributed by atoms with Crippen LogP contribution in [0.3, 0.4) is 0 Å². The lowest BCUT2D eigenvalue weighted by atomic mass is 10.2. The molecule has 0 spiro atoms. The zero-order valence-electron chi connectivity index (χ0n) is 22.9. The van der Waals surface area contributed by atoms with Crippen molar-refractivity contribution in [2.24, 2.45) is 0 Å². The summed E-state index contributed by atoms with van der Waals surface area (Å²) in [5.41, 5.74) is 2.92. The number of halogens is 1. The van der Waals surface area contributed by atoms with E-state index in [-0.39, 0.29) is 30.8 Å². The SMILES string of the molecule is CCCCN(CC(=O)N(Cc1ccccc1)Cc1cccn1Cc1ccc(F)cc1)C(=O)COc1ccccc1. The van der Waals surface area contributed by atoms with E-state index in [9.17, 15) is 14.0 Å². The fourth-order valence-corrected chi connectivity index (χ4v) is 4.42. The summed E-state index contributed by atoms with van der Waals surface area (Å²) < 4.78 is 21.1. The zero-order chi connectivity index (χ0) is 28.2. The van der Waals surface area contributed by atoms with E-state index in [2.05, 4.69) is 11.5 Å². The van der Waals surface area contributed by atoms with Gasteiger partial charge in [-0.05, 0) is 53.9 Å². The van der Waals surface area contributed by atoms with Crippen LogP contribution in [0.4, 0.5) is 4.39 Å². The van der Waals surface area contributed by atoms with Crippen molar-refractivity contribution >= 4 is 11.8 Å². The number of rotatable bonds is 14. The Hall–Kier alpha value is -4.39. The quantitative estimate of drug-likeness (QED) is 0.199. The van der Waals surface area contributed by atoms with Gasteiger partial charge in [-0.1, -0.05) is 74.0 Å². The van der Waals surface area contributed by atoms with Gasteiger partial charge in [0.2, 0.25) is 5.91 Å². The molecule has 1 heterocycles. The molecule has 4 aromatic rings. The summed E-state index contributed by atoms with van der Waals surface area (Å²) in [6.07, 6.45) is 3.66. The minimum Gasteiger partial charge on any atom is -0.484 e. The third-order valence-corrected chi connectivity index (χ3v) is 6.68. The number of unbranched alkanes of at least 4 members (excludes halogenated alkanes) is 1. The molecule has 0 aliphatic carbocycles. The Balaban J connectivity index is 1.49. The van der Waals surface area contributed by atoms with Gasteiger partial charge < -0.3 is 19.1 Å². The van der Waals surface area contributed by atoms with Gasteiger partial charge in [-0.3, -0.25) is 9.59 Å². The maximum Gasteiger partial charge on any atom is 0.260 e. The summed E-state index contributed by atoms with van der Waals surface area (Å²) >= 11 is 0. The molecule has 6 nitrogen and oxygen atoms in total. The number of ether oxygens (including phenoxy) is 1. The number of hydrogen-bond donors (Lipinski definition) is 0. The van der Waals surface area contributed by atoms with Gasteiger partial charge in [-0.2, -0.15) is 0 Å². The first-order valence-electron chi connectivity index (χ1n) is 13.7. The van der Waals surface area contributed by atoms with Gasteiger partial charge in [0.05, 0.1) is 13.1 Å². The highest BCUT2D eigenvalue weighted by atomic mass is 19.1. The molecule has 0 aliphatic rings. The fourth-order valence-electron chi connectivity index (χ4n) is 4.42. The van der Waals surface area contributed by atoms with Crippen molar-refractivity contribution in [1.82, 2.24) is 14.4 Å². The smallest absolute Gasteiger partial charge is 0.260 e. The van der Waals surface area contributed by atoms with E-state index in [0.29, 0.717) is 31.9 Å². The van der Waals surface area contributed by atoms with Crippen molar-refractivity contribution < 1.29 is 18.7 Å². The number of carbonyl (C=O) groups excluding carboxylic acids is 2. The normalized spacial score (nSPS) is 10.8. The molecule has 0 atom stereocenters. The Morgan fingerprint density at radius 2 is 1.48 bits per heavy atom. The lowest BCUT2D eigenvalue weighted by Crippen LogP contribution is -2.44. The molecule has 0 bridgehead atoms. The molecule has 3 aromatic carbocycles. The molecule has 40 heavy (non-hydrogen) atoms. The first-order valence-corrected chi connectivity index (χ1v) is 13.7. The van der Waals surface area contributed by atoms with Crippen LogP contribution in [0, 0.1) is 5.82 Å². The maximum atomic E-state index is 13.8. The van der Waals surface area contributed by atoms with Gasteiger partial charge in [-0.25, -0.2) is 4.39 Å². The van der Waals surface area contributed by atoms with E-state index in [0.717, 1.165) is 29.7 Å². The molecular formula is C33H36FN3O3. The molecule has 4 rings (SSSR count). The standard InChI is InChI=1S/C33H36FN3O3/c1-2-3-20-36(33(39)26-40-31-14-8-5-9-15-31)25-32(38)37(23-27-11-6-4-7-12-27)24-30-13-10-21-35(30)22-28-16-18-29(34)19-17-28/h4-19,21H,2-3,20,22-26H2,1H3. The lowest BCUT2D eigenvalue weighted by Gasteiger charge is -2.28. The Morgan fingerprint density at radius 3 is 2.17 bits per heavy atom. The molecule has 0 fully saturated rings. The average Bonchev–Trinajstić information content (AvgIpc) is 3.42. The zero-order valence-corrected chi connectivity index (χ0v) is 22.9. The van der Waals surface area contributed by atoms with E-state index in [4.69, 9.17) is 4.74 Å². The van der Waals surface area contributed by atoms with Crippen LogP contribution < -0.4 is 4.74 Å². The second-order valence-corrected chi connectivity index (χ2v) is 9.76. The van der Waals surface area contributed by atoms with Crippen LogP contribution in [0.5, 0.6) is 5.75 Å². The van der Waals surface area contributed by atoms with Gasteiger partial charge in [0.25, 0.3) is 5.91 Å². The van der Waals surface area contributed by atoms with Crippen LogP contribution in [0.2, 0.25) is 0 Å². The van der Waals surface area contributed by atoms with E-state index in [1.807, 2.05) is 66.9 Å². The van der Waals surface area contributed by atoms with Gasteiger partial charge in [0.15, 0.2) is 6.61 Å². The second-order valence-electron chi connectivity index (χ2n) is 9.76. The molecule has 1 aromatic heterocycles. The third kappa shape index (κ3) is 8.56. The summed E-state index contributed by atoms with van der Waals surface area (Å²) in [6.45, 7) is 3.74. The summed E-state index contributed by atoms with van der Waals surface area (Å²) in [6, 6.07) is 29.4. The summed E-state index contributed by atoms with van der Waals surface area (Å²) in [4.78, 5) is 30.3. The van der Waals surface area contributed by atoms with Crippen LogP contribution in [0.1, 0.15) is 36.6 Å². The summed E-state index contributed by atoms with van der Waals surface area (Å²) in [5.74, 6) is -0.00903. The Bertz CT molecular complexity index is 1340. The van der Waals surface area contributed by atoms with Crippen LogP contribution in [-0.2, 0) is 29.2 Å². The minimum absolute atomic E-state index is 0.0253. The van der Waals surface area contributed by atoms with Crippen molar-refractivity contribution in [3.63, 3.8) is 0 Å². The molecule has 0 radical (unpaired) electrons. The maximum absolute atomic E-state index is 13.8. The van der Waals surface area contributed by atoms with Crippen LogP contribution >= 0.6 is 0 Å². The molecule has 2 amide bonds. The third-order valence-electron chi connectivity index (χ3n) is 6.68. The minimum atomic E-state index is -0.271. The van der Waals surface area contributed by atoms with Crippen molar-refractivity contribution in [2.75, 3.05) is 19.7 Å². The van der Waals surface area contributed by atoms with Crippen LogP contribution in [0.25, 0.3) is 0 Å². The number of hydrogen-bond acceptors (Lipinski definition) is 3. The molecule has 0 unspecified atom stereocenters.